The Kier molecular flexibility index (Phi) is 1.74. The number of hydrogen-bond donors (Lipinski definition) is 2. The van der Waals surface area contributed by atoms with Gasteiger partial charge in [-0.2, -0.15) is 0 Å². The molecule has 2 N–H and O–H groups in total. The maximum absolute atomic E-state index is 11.2. The lowest BCUT2D eigenvalue weighted by Crippen LogP contribution is -2.29. The number of hydrogen-bond acceptors (Lipinski definition) is 2. The highest BCUT2D eigenvalue weighted by Gasteiger charge is 2.40. The van der Waals surface area contributed by atoms with E-state index in [0.717, 1.165) is 18.2 Å². The van der Waals surface area contributed by atoms with Gasteiger partial charge < -0.3 is 10.3 Å². The van der Waals surface area contributed by atoms with E-state index in [-0.39, 0.29) is 5.56 Å². The van der Waals surface area contributed by atoms with E-state index in [4.69, 9.17) is 0 Å². The summed E-state index contributed by atoms with van der Waals surface area (Å²) in [6.45, 7) is 1.12. The minimum Gasteiger partial charge on any atom is -0.326 e. The van der Waals surface area contributed by atoms with Crippen molar-refractivity contribution in [3.63, 3.8) is 0 Å². The molecule has 2 heterocycles. The first-order valence-corrected chi connectivity index (χ1v) is 5.25. The van der Waals surface area contributed by atoms with Gasteiger partial charge in [0.25, 0.3) is 0 Å². The Morgan fingerprint density at radius 3 is 2.86 bits per heavy atom. The highest BCUT2D eigenvalue weighted by atomic mass is 16.1. The summed E-state index contributed by atoms with van der Waals surface area (Å²) in [5.74, 6) is 1.31. The average molecular weight is 190 g/mol. The summed E-state index contributed by atoms with van der Waals surface area (Å²) >= 11 is 0. The monoisotopic (exact) mass is 190 g/mol. The van der Waals surface area contributed by atoms with Crippen LogP contribution < -0.4 is 10.9 Å². The quantitative estimate of drug-likeness (QED) is 0.689. The molecule has 3 unspecified atom stereocenters. The van der Waals surface area contributed by atoms with Crippen LogP contribution >= 0.6 is 0 Å². The van der Waals surface area contributed by atoms with Crippen molar-refractivity contribution in [1.29, 1.82) is 0 Å². The zero-order chi connectivity index (χ0) is 9.54. The Morgan fingerprint density at radius 1 is 1.29 bits per heavy atom. The van der Waals surface area contributed by atoms with Gasteiger partial charge >= 0.3 is 0 Å². The second-order valence-corrected chi connectivity index (χ2v) is 4.41. The number of piperidine rings is 1. The third-order valence-corrected chi connectivity index (χ3v) is 3.55. The summed E-state index contributed by atoms with van der Waals surface area (Å²) in [4.78, 5) is 14.1. The van der Waals surface area contributed by atoms with Crippen molar-refractivity contribution in [2.24, 2.45) is 5.92 Å². The van der Waals surface area contributed by atoms with Crippen LogP contribution in [0, 0.1) is 5.92 Å². The molecule has 2 fully saturated rings. The van der Waals surface area contributed by atoms with Gasteiger partial charge in [-0.05, 0) is 31.4 Å². The third kappa shape index (κ3) is 1.20. The summed E-state index contributed by atoms with van der Waals surface area (Å²) in [6.07, 6.45) is 2.46. The van der Waals surface area contributed by atoms with Gasteiger partial charge in [-0.25, -0.2) is 0 Å². The molecule has 1 aliphatic carbocycles. The van der Waals surface area contributed by atoms with Crippen LogP contribution in [0.3, 0.4) is 0 Å². The normalized spacial score (nSPS) is 35.0. The van der Waals surface area contributed by atoms with Crippen molar-refractivity contribution in [2.45, 2.75) is 24.8 Å². The Labute approximate surface area is 82.5 Å². The number of aromatic amines is 1. The van der Waals surface area contributed by atoms with Gasteiger partial charge in [0.15, 0.2) is 0 Å². The maximum atomic E-state index is 11.2. The summed E-state index contributed by atoms with van der Waals surface area (Å²) in [5.41, 5.74) is 1.16. The Bertz CT molecular complexity index is 398. The van der Waals surface area contributed by atoms with Crippen molar-refractivity contribution in [1.82, 2.24) is 10.3 Å². The molecule has 0 radical (unpaired) electrons. The van der Waals surface area contributed by atoms with Crippen molar-refractivity contribution in [3.8, 4) is 0 Å². The highest BCUT2D eigenvalue weighted by molar-refractivity contribution is 5.16. The van der Waals surface area contributed by atoms with Crippen LogP contribution in [0.15, 0.2) is 23.0 Å². The fourth-order valence-electron chi connectivity index (χ4n) is 2.90. The Balaban J connectivity index is 1.93. The first-order valence-electron chi connectivity index (χ1n) is 5.25. The van der Waals surface area contributed by atoms with Crippen molar-refractivity contribution in [3.05, 3.63) is 34.2 Å². The molecule has 0 amide bonds. The Hall–Kier alpha value is -1.09. The van der Waals surface area contributed by atoms with Crippen LogP contribution in [0.5, 0.6) is 0 Å². The van der Waals surface area contributed by atoms with E-state index in [0.29, 0.717) is 12.0 Å². The van der Waals surface area contributed by atoms with Crippen LogP contribution in [-0.2, 0) is 0 Å². The van der Waals surface area contributed by atoms with Crippen molar-refractivity contribution >= 4 is 0 Å². The predicted molar refractivity (Wildman–Crippen MR) is 54.3 cm³/mol. The van der Waals surface area contributed by atoms with Gasteiger partial charge in [0.2, 0.25) is 5.56 Å². The molecule has 1 saturated carbocycles. The van der Waals surface area contributed by atoms with E-state index in [1.165, 1.54) is 12.8 Å². The fourth-order valence-corrected chi connectivity index (χ4v) is 2.90. The van der Waals surface area contributed by atoms with Gasteiger partial charge in [0.05, 0.1) is 0 Å². The summed E-state index contributed by atoms with van der Waals surface area (Å²) in [5, 5.41) is 3.48. The predicted octanol–water partition coefficient (Wildman–Crippen LogP) is 0.840. The molecule has 3 nitrogen and oxygen atoms in total. The molecule has 1 aromatic rings. The zero-order valence-electron chi connectivity index (χ0n) is 7.99. The molecular formula is C11H14N2O. The van der Waals surface area contributed by atoms with E-state index >= 15 is 0 Å². The molecule has 74 valence electrons. The Morgan fingerprint density at radius 2 is 2.21 bits per heavy atom. The minimum atomic E-state index is 0.0261. The van der Waals surface area contributed by atoms with E-state index < -0.39 is 0 Å². The topological polar surface area (TPSA) is 44.9 Å². The average Bonchev–Trinajstić information content (AvgIpc) is 2.78. The number of nitrogens with one attached hydrogen (secondary N) is 2. The van der Waals surface area contributed by atoms with Crippen LogP contribution in [0.1, 0.15) is 24.5 Å². The minimum absolute atomic E-state index is 0.0261. The van der Waals surface area contributed by atoms with Crippen LogP contribution in [0.2, 0.25) is 0 Å². The molecule has 3 heteroatoms. The number of aromatic nitrogens is 1. The lowest BCUT2D eigenvalue weighted by atomic mass is 9.92. The smallest absolute Gasteiger partial charge is 0.248 e. The fraction of sp³-hybridized carbons (Fsp3) is 0.545. The molecule has 0 spiro atoms. The zero-order valence-corrected chi connectivity index (χ0v) is 7.99. The van der Waals surface area contributed by atoms with E-state index in [1.807, 2.05) is 12.1 Å². The molecule has 1 saturated heterocycles. The van der Waals surface area contributed by atoms with Gasteiger partial charge in [0, 0.05) is 23.7 Å². The molecule has 14 heavy (non-hydrogen) atoms. The number of pyridine rings is 1. The van der Waals surface area contributed by atoms with Gasteiger partial charge in [-0.1, -0.05) is 6.07 Å². The molecule has 3 atom stereocenters. The summed E-state index contributed by atoms with van der Waals surface area (Å²) in [6, 6.07) is 6.17. The second kappa shape index (κ2) is 2.95. The van der Waals surface area contributed by atoms with Gasteiger partial charge in [0.1, 0.15) is 0 Å². The first kappa shape index (κ1) is 8.24. The maximum Gasteiger partial charge on any atom is 0.248 e. The molecule has 0 aromatic carbocycles. The lowest BCUT2D eigenvalue weighted by molar-refractivity contribution is 0.433. The number of fused-ring (bicyclic) bond motifs is 2. The second-order valence-electron chi connectivity index (χ2n) is 4.41. The van der Waals surface area contributed by atoms with E-state index in [1.54, 1.807) is 6.07 Å². The van der Waals surface area contributed by atoms with E-state index in [9.17, 15) is 4.79 Å². The highest BCUT2D eigenvalue weighted by Crippen LogP contribution is 2.42. The molecule has 2 bridgehead atoms. The van der Waals surface area contributed by atoms with Crippen LogP contribution in [0.25, 0.3) is 0 Å². The van der Waals surface area contributed by atoms with E-state index in [2.05, 4.69) is 10.3 Å². The molecule has 3 rings (SSSR count). The molecule has 1 aromatic heterocycles. The summed E-state index contributed by atoms with van der Waals surface area (Å²) < 4.78 is 0. The third-order valence-electron chi connectivity index (χ3n) is 3.55. The van der Waals surface area contributed by atoms with Gasteiger partial charge in [-0.3, -0.25) is 4.79 Å². The molecule has 1 aliphatic heterocycles. The largest absolute Gasteiger partial charge is 0.326 e. The molecule has 2 aliphatic rings. The van der Waals surface area contributed by atoms with Crippen molar-refractivity contribution < 1.29 is 0 Å². The lowest BCUT2D eigenvalue weighted by Gasteiger charge is -2.22. The number of rotatable bonds is 1. The standard InChI is InChI=1S/C11H14N2O/c14-11-3-1-2-10(13-11)9-5-8-4-7(9)6-12-8/h1-3,7-9,12H,4-6H2,(H,13,14). The summed E-state index contributed by atoms with van der Waals surface area (Å²) in [7, 11) is 0. The number of H-pyrrole nitrogens is 1. The first-order chi connectivity index (χ1) is 6.83. The van der Waals surface area contributed by atoms with Crippen LogP contribution in [-0.4, -0.2) is 17.6 Å². The van der Waals surface area contributed by atoms with Crippen LogP contribution in [0.4, 0.5) is 0 Å². The van der Waals surface area contributed by atoms with Gasteiger partial charge in [-0.15, -0.1) is 0 Å². The SMILES string of the molecule is O=c1cccc(C2CC3CC2CN3)[nH]1. The molecular weight excluding hydrogens is 176 g/mol. The van der Waals surface area contributed by atoms with Crippen molar-refractivity contribution in [2.75, 3.05) is 6.54 Å².